The normalized spacial score (nSPS) is 14.8. The molecule has 0 aliphatic carbocycles. The minimum atomic E-state index is -4.30. The minimum absolute atomic E-state index is 0.0671. The van der Waals surface area contributed by atoms with E-state index in [0.717, 1.165) is 109 Å². The van der Waals surface area contributed by atoms with Gasteiger partial charge >= 0.3 is 13.8 Å². The number of quaternary nitrogens is 1. The van der Waals surface area contributed by atoms with Crippen LogP contribution in [-0.2, 0) is 27.9 Å². The van der Waals surface area contributed by atoms with Crippen LogP contribution in [0, 0.1) is 0 Å². The lowest BCUT2D eigenvalue weighted by molar-refractivity contribution is -0.870. The Morgan fingerprint density at radius 1 is 0.544 bits per heavy atom. The molecule has 57 heavy (non-hydrogen) atoms. The lowest BCUT2D eigenvalue weighted by Gasteiger charge is -2.24. The Kier molecular flexibility index (Phi) is 38.0. The topological polar surface area (TPSA) is 91.3 Å². The van der Waals surface area contributed by atoms with Gasteiger partial charge in [-0.15, -0.1) is 0 Å². The van der Waals surface area contributed by atoms with E-state index in [9.17, 15) is 14.3 Å². The minimum Gasteiger partial charge on any atom is -0.457 e. The summed E-state index contributed by atoms with van der Waals surface area (Å²) in [7, 11) is 1.60. The van der Waals surface area contributed by atoms with Gasteiger partial charge in [0.15, 0.2) is 0 Å². The van der Waals surface area contributed by atoms with Crippen molar-refractivity contribution in [2.45, 2.75) is 136 Å². The van der Waals surface area contributed by atoms with Crippen LogP contribution in [0.4, 0.5) is 0 Å². The molecule has 2 atom stereocenters. The van der Waals surface area contributed by atoms with Gasteiger partial charge in [-0.2, -0.15) is 0 Å². The highest BCUT2D eigenvalue weighted by Gasteiger charge is 2.26. The second-order valence-corrected chi connectivity index (χ2v) is 16.4. The van der Waals surface area contributed by atoms with Crippen LogP contribution in [0.15, 0.2) is 109 Å². The molecule has 0 radical (unpaired) electrons. The molecule has 0 aliphatic rings. The lowest BCUT2D eigenvalue weighted by atomic mass is 10.1. The van der Waals surface area contributed by atoms with Crippen molar-refractivity contribution in [2.75, 3.05) is 54.1 Å². The van der Waals surface area contributed by atoms with Crippen LogP contribution in [0.3, 0.4) is 0 Å². The average molecular weight is 815 g/mol. The summed E-state index contributed by atoms with van der Waals surface area (Å²) in [5, 5.41) is 0. The third-order valence-electron chi connectivity index (χ3n) is 8.33. The van der Waals surface area contributed by atoms with Gasteiger partial charge in [0, 0.05) is 13.0 Å². The number of ether oxygens (including phenoxy) is 2. The van der Waals surface area contributed by atoms with Crippen molar-refractivity contribution < 1.29 is 37.3 Å². The summed E-state index contributed by atoms with van der Waals surface area (Å²) in [4.78, 5) is 22.9. The van der Waals surface area contributed by atoms with Gasteiger partial charge in [0.25, 0.3) is 0 Å². The van der Waals surface area contributed by atoms with E-state index in [0.29, 0.717) is 17.6 Å². The molecule has 0 aliphatic heterocycles. The summed E-state index contributed by atoms with van der Waals surface area (Å²) in [6, 6.07) is 0. The first-order valence-electron chi connectivity index (χ1n) is 21.6. The Morgan fingerprint density at radius 3 is 1.44 bits per heavy atom. The molecule has 0 spiro atoms. The largest absolute Gasteiger partial charge is 0.472 e. The van der Waals surface area contributed by atoms with Crippen LogP contribution in [0.1, 0.15) is 129 Å². The molecule has 1 N–H and O–H groups in total. The molecule has 9 heteroatoms. The number of esters is 1. The van der Waals surface area contributed by atoms with Crippen molar-refractivity contribution >= 4 is 13.8 Å². The van der Waals surface area contributed by atoms with Crippen LogP contribution in [0.25, 0.3) is 0 Å². The number of carbonyl (C=O) groups excluding carboxylic acids is 1. The first-order chi connectivity index (χ1) is 27.6. The Morgan fingerprint density at radius 2 is 0.965 bits per heavy atom. The van der Waals surface area contributed by atoms with E-state index < -0.39 is 13.9 Å². The Hall–Kier alpha value is -2.84. The van der Waals surface area contributed by atoms with Crippen molar-refractivity contribution in [2.24, 2.45) is 0 Å². The molecule has 0 aromatic carbocycles. The van der Waals surface area contributed by atoms with Crippen LogP contribution in [0.2, 0.25) is 0 Å². The zero-order valence-electron chi connectivity index (χ0n) is 36.5. The van der Waals surface area contributed by atoms with Gasteiger partial charge in [-0.1, -0.05) is 142 Å². The fourth-order valence-electron chi connectivity index (χ4n) is 5.05. The predicted molar refractivity (Wildman–Crippen MR) is 242 cm³/mol. The van der Waals surface area contributed by atoms with E-state index in [4.69, 9.17) is 18.5 Å². The number of carbonyl (C=O) groups is 1. The van der Waals surface area contributed by atoms with Gasteiger partial charge in [-0.3, -0.25) is 13.8 Å². The fraction of sp³-hybridized carbons (Fsp3) is 0.604. The Bertz CT molecular complexity index is 1270. The summed E-state index contributed by atoms with van der Waals surface area (Å²) >= 11 is 0. The summed E-state index contributed by atoms with van der Waals surface area (Å²) in [6.07, 6.45) is 55.7. The SMILES string of the molecule is CC/C=C\C/C=C\C/C=C\C/C=C\C/C=C\C/C=C\CCCOCC(COP(=O)(O)OCC[N+](C)(C)C)OC(=O)CCCCCCC/C=C\C/C=C\C/C=C\CC. The van der Waals surface area contributed by atoms with Crippen molar-refractivity contribution in [1.82, 2.24) is 0 Å². The van der Waals surface area contributed by atoms with Crippen molar-refractivity contribution in [3.05, 3.63) is 109 Å². The highest BCUT2D eigenvalue weighted by molar-refractivity contribution is 7.47. The summed E-state index contributed by atoms with van der Waals surface area (Å²) in [5.41, 5.74) is 0. The van der Waals surface area contributed by atoms with E-state index in [2.05, 4.69) is 123 Å². The predicted octanol–water partition coefficient (Wildman–Crippen LogP) is 12.8. The number of phosphoric acid groups is 1. The molecule has 0 rings (SSSR count). The second kappa shape index (κ2) is 40.0. The summed E-state index contributed by atoms with van der Waals surface area (Å²) < 4.78 is 34.9. The molecule has 0 amide bonds. The summed E-state index contributed by atoms with van der Waals surface area (Å²) in [5.74, 6) is -0.356. The molecule has 2 unspecified atom stereocenters. The molecule has 0 fully saturated rings. The van der Waals surface area contributed by atoms with Gasteiger partial charge in [-0.25, -0.2) is 4.57 Å². The quantitative estimate of drug-likeness (QED) is 0.0218. The molecule has 324 valence electrons. The standard InChI is InChI=1S/C48H80NO7P/c1-6-8-10-12-14-16-18-20-22-23-24-25-26-28-30-32-34-36-38-40-43-53-45-47(46-55-57(51,52)54-44-42-49(3,4)5)56-48(50)41-39-37-35-33-31-29-27-21-19-17-15-13-11-9-7-2/h8-11,14-17,20-22,24-25,27-28,30,34,36,47H,6-7,12-13,18-19,23,26,29,31-33,35,37-46H2,1-5H3/p+1/b10-8-,11-9-,16-14-,17-15-,22-20-,25-24-,27-21-,30-28-,36-34-. The molecule has 0 saturated carbocycles. The molecule has 0 heterocycles. The lowest BCUT2D eigenvalue weighted by Crippen LogP contribution is -2.37. The van der Waals surface area contributed by atoms with E-state index in [1.807, 2.05) is 21.1 Å². The molecular formula is C48H81NO7P+. The monoisotopic (exact) mass is 815 g/mol. The van der Waals surface area contributed by atoms with E-state index in [1.54, 1.807) is 0 Å². The smallest absolute Gasteiger partial charge is 0.457 e. The van der Waals surface area contributed by atoms with Crippen LogP contribution < -0.4 is 0 Å². The molecular weight excluding hydrogens is 734 g/mol. The van der Waals surface area contributed by atoms with Crippen LogP contribution in [-0.4, -0.2) is 75.6 Å². The number of likely N-dealkylation sites (N-methyl/N-ethyl adjacent to an activating group) is 1. The zero-order chi connectivity index (χ0) is 42.0. The highest BCUT2D eigenvalue weighted by atomic mass is 31.2. The van der Waals surface area contributed by atoms with E-state index in [1.165, 1.54) is 0 Å². The molecule has 0 bridgehead atoms. The number of allylic oxidation sites excluding steroid dienone is 18. The Balaban J connectivity index is 4.41. The third kappa shape index (κ3) is 44.1. The summed E-state index contributed by atoms with van der Waals surface area (Å²) in [6.45, 7) is 5.17. The number of phosphoric ester groups is 1. The van der Waals surface area contributed by atoms with E-state index in [-0.39, 0.29) is 32.2 Å². The first-order valence-corrected chi connectivity index (χ1v) is 23.1. The average Bonchev–Trinajstić information content (AvgIpc) is 3.16. The van der Waals surface area contributed by atoms with Crippen LogP contribution >= 0.6 is 7.82 Å². The number of unbranched alkanes of at least 4 members (excludes halogenated alkanes) is 6. The van der Waals surface area contributed by atoms with Crippen LogP contribution in [0.5, 0.6) is 0 Å². The number of rotatable bonds is 38. The van der Waals surface area contributed by atoms with Gasteiger partial charge in [0.05, 0.1) is 34.4 Å². The molecule has 0 aromatic rings. The maximum Gasteiger partial charge on any atom is 0.472 e. The van der Waals surface area contributed by atoms with Gasteiger partial charge in [-0.05, 0) is 89.9 Å². The third-order valence-corrected chi connectivity index (χ3v) is 9.31. The molecule has 0 aromatic heterocycles. The highest BCUT2D eigenvalue weighted by Crippen LogP contribution is 2.43. The zero-order valence-corrected chi connectivity index (χ0v) is 37.4. The number of nitrogens with zero attached hydrogens (tertiary/aromatic N) is 1. The van der Waals surface area contributed by atoms with Crippen molar-refractivity contribution in [3.63, 3.8) is 0 Å². The maximum atomic E-state index is 12.7. The van der Waals surface area contributed by atoms with Crippen molar-refractivity contribution in [3.8, 4) is 0 Å². The van der Waals surface area contributed by atoms with Gasteiger partial charge in [0.2, 0.25) is 0 Å². The molecule has 0 saturated heterocycles. The fourth-order valence-corrected chi connectivity index (χ4v) is 5.79. The van der Waals surface area contributed by atoms with Gasteiger partial charge in [0.1, 0.15) is 19.3 Å². The molecule has 8 nitrogen and oxygen atoms in total. The maximum absolute atomic E-state index is 12.7. The first kappa shape index (κ1) is 54.2. The Labute approximate surface area is 349 Å². The van der Waals surface area contributed by atoms with Gasteiger partial charge < -0.3 is 18.9 Å². The number of hydrogen-bond acceptors (Lipinski definition) is 6. The van der Waals surface area contributed by atoms with Crippen molar-refractivity contribution in [1.29, 1.82) is 0 Å². The second-order valence-electron chi connectivity index (χ2n) is 15.0. The van der Waals surface area contributed by atoms with E-state index >= 15 is 0 Å². The number of hydrogen-bond donors (Lipinski definition) is 1.